The Morgan fingerprint density at radius 1 is 1.27 bits per heavy atom. The van der Waals surface area contributed by atoms with Crippen molar-refractivity contribution in [1.29, 1.82) is 0 Å². The Balaban J connectivity index is 3.22. The van der Waals surface area contributed by atoms with E-state index in [1.807, 2.05) is 6.92 Å². The van der Waals surface area contributed by atoms with Crippen molar-refractivity contribution in [3.63, 3.8) is 0 Å². The topological polar surface area (TPSA) is 38.7 Å². The van der Waals surface area contributed by atoms with Crippen LogP contribution in [0.4, 0.5) is 0 Å². The third kappa shape index (κ3) is 6.28. The quantitative estimate of drug-likeness (QED) is 0.480. The van der Waals surface area contributed by atoms with Gasteiger partial charge in [0, 0.05) is 0 Å². The minimum absolute atomic E-state index is 0.227. The van der Waals surface area contributed by atoms with E-state index in [9.17, 15) is 0 Å². The van der Waals surface area contributed by atoms with Gasteiger partial charge in [-0.1, -0.05) is 13.3 Å². The second-order valence-corrected chi connectivity index (χ2v) is 2.85. The molecule has 0 aliphatic heterocycles. The molecule has 0 bridgehead atoms. The molecular weight excluding hydrogens is 144 g/mol. The second-order valence-electron chi connectivity index (χ2n) is 2.85. The van der Waals surface area contributed by atoms with Crippen molar-refractivity contribution in [2.75, 3.05) is 6.61 Å². The summed E-state index contributed by atoms with van der Waals surface area (Å²) in [7, 11) is 0. The molecule has 2 atom stereocenters. The molecule has 68 valence electrons. The van der Waals surface area contributed by atoms with E-state index in [0.717, 1.165) is 12.8 Å². The average Bonchev–Trinajstić information content (AvgIpc) is 2.01. The fourth-order valence-electron chi connectivity index (χ4n) is 0.820. The van der Waals surface area contributed by atoms with Gasteiger partial charge in [-0.2, -0.15) is 0 Å². The van der Waals surface area contributed by atoms with Gasteiger partial charge in [0.1, 0.15) is 6.10 Å². The molecule has 0 fully saturated rings. The van der Waals surface area contributed by atoms with Crippen LogP contribution in [0.3, 0.4) is 0 Å². The minimum Gasteiger partial charge on any atom is -0.376 e. The highest BCUT2D eigenvalue weighted by atomic mass is 17.1. The molecular formula is C8H18O3. The fourth-order valence-corrected chi connectivity index (χ4v) is 0.820. The van der Waals surface area contributed by atoms with Crippen LogP contribution >= 0.6 is 0 Å². The summed E-state index contributed by atoms with van der Waals surface area (Å²) in [6, 6.07) is 0. The molecule has 0 aliphatic carbocycles. The van der Waals surface area contributed by atoms with E-state index in [2.05, 4.69) is 11.8 Å². The van der Waals surface area contributed by atoms with E-state index < -0.39 is 0 Å². The van der Waals surface area contributed by atoms with E-state index in [-0.39, 0.29) is 12.2 Å². The van der Waals surface area contributed by atoms with Crippen molar-refractivity contribution in [2.45, 2.75) is 45.8 Å². The predicted octanol–water partition coefficient (Wildman–Crippen LogP) is 2.07. The standard InChI is InChI=1S/C8H18O3/c1-4-5-7(2)10-6-8(3)11-9/h7-9H,4-6H2,1-3H3. The van der Waals surface area contributed by atoms with Gasteiger partial charge in [0.25, 0.3) is 0 Å². The van der Waals surface area contributed by atoms with E-state index in [4.69, 9.17) is 9.99 Å². The van der Waals surface area contributed by atoms with Gasteiger partial charge in [0.2, 0.25) is 0 Å². The molecule has 3 heteroatoms. The molecule has 0 rings (SSSR count). The third-order valence-electron chi connectivity index (χ3n) is 1.49. The van der Waals surface area contributed by atoms with Crippen LogP contribution < -0.4 is 0 Å². The van der Waals surface area contributed by atoms with Gasteiger partial charge < -0.3 is 4.74 Å². The number of ether oxygens (including phenoxy) is 1. The van der Waals surface area contributed by atoms with Crippen LogP contribution in [-0.2, 0) is 9.62 Å². The Bertz CT molecular complexity index is 85.4. The molecule has 0 saturated carbocycles. The Morgan fingerprint density at radius 2 is 1.91 bits per heavy atom. The van der Waals surface area contributed by atoms with Gasteiger partial charge in [-0.3, -0.25) is 5.26 Å². The molecule has 0 spiro atoms. The summed E-state index contributed by atoms with van der Waals surface area (Å²) < 4.78 is 5.35. The Hall–Kier alpha value is -0.120. The third-order valence-corrected chi connectivity index (χ3v) is 1.49. The van der Waals surface area contributed by atoms with Crippen LogP contribution in [0, 0.1) is 0 Å². The lowest BCUT2D eigenvalue weighted by Crippen LogP contribution is -2.18. The molecule has 0 radical (unpaired) electrons. The normalized spacial score (nSPS) is 16.4. The molecule has 0 amide bonds. The highest BCUT2D eigenvalue weighted by Crippen LogP contribution is 2.01. The molecule has 2 unspecified atom stereocenters. The van der Waals surface area contributed by atoms with Gasteiger partial charge >= 0.3 is 0 Å². The molecule has 0 aromatic carbocycles. The Morgan fingerprint density at radius 3 is 2.36 bits per heavy atom. The van der Waals surface area contributed by atoms with Crippen LogP contribution in [0.2, 0.25) is 0 Å². The van der Waals surface area contributed by atoms with Gasteiger partial charge in [0.15, 0.2) is 0 Å². The smallest absolute Gasteiger partial charge is 0.113 e. The van der Waals surface area contributed by atoms with Crippen LogP contribution in [0.25, 0.3) is 0 Å². The van der Waals surface area contributed by atoms with Crippen molar-refractivity contribution >= 4 is 0 Å². The second kappa shape index (κ2) is 6.58. The van der Waals surface area contributed by atoms with Crippen molar-refractivity contribution in [3.05, 3.63) is 0 Å². The van der Waals surface area contributed by atoms with Crippen LogP contribution in [0.1, 0.15) is 33.6 Å². The first-order valence-electron chi connectivity index (χ1n) is 4.12. The highest BCUT2D eigenvalue weighted by molar-refractivity contribution is 4.50. The number of hydrogen-bond donors (Lipinski definition) is 1. The Labute approximate surface area is 68.2 Å². The van der Waals surface area contributed by atoms with E-state index in [0.29, 0.717) is 6.61 Å². The highest BCUT2D eigenvalue weighted by Gasteiger charge is 2.04. The lowest BCUT2D eigenvalue weighted by Gasteiger charge is -2.13. The summed E-state index contributed by atoms with van der Waals surface area (Å²) in [5, 5.41) is 8.20. The monoisotopic (exact) mass is 162 g/mol. The van der Waals surface area contributed by atoms with Gasteiger partial charge in [-0.05, 0) is 20.3 Å². The van der Waals surface area contributed by atoms with E-state index in [1.165, 1.54) is 0 Å². The maximum absolute atomic E-state index is 8.20. The van der Waals surface area contributed by atoms with Crippen molar-refractivity contribution in [2.24, 2.45) is 0 Å². The van der Waals surface area contributed by atoms with Crippen LogP contribution in [0.5, 0.6) is 0 Å². The van der Waals surface area contributed by atoms with Gasteiger partial charge in [-0.25, -0.2) is 4.89 Å². The number of hydrogen-bond acceptors (Lipinski definition) is 3. The largest absolute Gasteiger partial charge is 0.376 e. The molecule has 0 heterocycles. The van der Waals surface area contributed by atoms with Crippen molar-refractivity contribution < 1.29 is 14.9 Å². The summed E-state index contributed by atoms with van der Waals surface area (Å²) in [6.45, 7) is 6.36. The summed E-state index contributed by atoms with van der Waals surface area (Å²) in [5.41, 5.74) is 0. The fraction of sp³-hybridized carbons (Fsp3) is 1.00. The molecule has 0 aromatic rings. The van der Waals surface area contributed by atoms with Crippen molar-refractivity contribution in [1.82, 2.24) is 0 Å². The zero-order valence-electron chi connectivity index (χ0n) is 7.54. The van der Waals surface area contributed by atoms with Gasteiger partial charge in [0.05, 0.1) is 12.7 Å². The van der Waals surface area contributed by atoms with Crippen LogP contribution in [-0.4, -0.2) is 24.1 Å². The molecule has 3 nitrogen and oxygen atoms in total. The predicted molar refractivity (Wildman–Crippen MR) is 43.5 cm³/mol. The average molecular weight is 162 g/mol. The molecule has 1 N–H and O–H groups in total. The molecule has 0 saturated heterocycles. The van der Waals surface area contributed by atoms with E-state index >= 15 is 0 Å². The minimum atomic E-state index is -0.227. The molecule has 0 aromatic heterocycles. The SMILES string of the molecule is CCCC(C)OCC(C)OO. The zero-order valence-corrected chi connectivity index (χ0v) is 7.54. The first-order chi connectivity index (χ1) is 5.20. The van der Waals surface area contributed by atoms with Crippen LogP contribution in [0.15, 0.2) is 0 Å². The molecule has 11 heavy (non-hydrogen) atoms. The first-order valence-corrected chi connectivity index (χ1v) is 4.12. The Kier molecular flexibility index (Phi) is 6.51. The lowest BCUT2D eigenvalue weighted by atomic mass is 10.2. The summed E-state index contributed by atoms with van der Waals surface area (Å²) in [4.78, 5) is 4.05. The maximum atomic E-state index is 8.20. The number of rotatable bonds is 6. The van der Waals surface area contributed by atoms with E-state index in [1.54, 1.807) is 6.92 Å². The maximum Gasteiger partial charge on any atom is 0.113 e. The zero-order chi connectivity index (χ0) is 8.69. The van der Waals surface area contributed by atoms with Crippen molar-refractivity contribution in [3.8, 4) is 0 Å². The lowest BCUT2D eigenvalue weighted by molar-refractivity contribution is -0.284. The van der Waals surface area contributed by atoms with Gasteiger partial charge in [-0.15, -0.1) is 0 Å². The first kappa shape index (κ1) is 10.9. The summed E-state index contributed by atoms with van der Waals surface area (Å²) in [6.07, 6.45) is 2.21. The summed E-state index contributed by atoms with van der Waals surface area (Å²) >= 11 is 0. The summed E-state index contributed by atoms with van der Waals surface area (Å²) in [5.74, 6) is 0. The molecule has 0 aliphatic rings.